The van der Waals surface area contributed by atoms with Gasteiger partial charge in [0.2, 0.25) is 0 Å². The van der Waals surface area contributed by atoms with Crippen LogP contribution in [0.3, 0.4) is 0 Å². The molecule has 138 valence electrons. The highest BCUT2D eigenvalue weighted by Crippen LogP contribution is 2.52. The van der Waals surface area contributed by atoms with E-state index in [-0.39, 0.29) is 11.2 Å². The highest BCUT2D eigenvalue weighted by molar-refractivity contribution is 7.99. The van der Waals surface area contributed by atoms with Crippen LogP contribution in [-0.2, 0) is 9.53 Å². The summed E-state index contributed by atoms with van der Waals surface area (Å²) in [6.45, 7) is 1.44. The number of thioether (sulfide) groups is 1. The van der Waals surface area contributed by atoms with E-state index in [0.717, 1.165) is 27.6 Å². The topological polar surface area (TPSA) is 40.5 Å². The average Bonchev–Trinajstić information content (AvgIpc) is 3.10. The number of rotatable bonds is 3. The van der Waals surface area contributed by atoms with E-state index in [4.69, 9.17) is 21.1 Å². The number of carbonyl (C=O) groups is 1. The molecule has 0 bridgehead atoms. The van der Waals surface area contributed by atoms with Gasteiger partial charge in [-0.05, 0) is 42.0 Å². The first-order chi connectivity index (χ1) is 13.1. The summed E-state index contributed by atoms with van der Waals surface area (Å²) in [5.41, 5.74) is 2.94. The molecule has 1 aliphatic rings. The third kappa shape index (κ3) is 3.33. The highest BCUT2D eigenvalue weighted by Gasteiger charge is 2.35. The molecule has 6 heteroatoms. The predicted octanol–water partition coefficient (Wildman–Crippen LogP) is 5.59. The lowest BCUT2D eigenvalue weighted by atomic mass is 10.0. The monoisotopic (exact) mass is 399 g/mol. The first kappa shape index (κ1) is 18.0. The Morgan fingerprint density at radius 3 is 2.59 bits per heavy atom. The Bertz CT molecular complexity index is 983. The summed E-state index contributed by atoms with van der Waals surface area (Å²) in [6, 6.07) is 17.6. The highest BCUT2D eigenvalue weighted by atomic mass is 35.5. The number of halogens is 1. The lowest BCUT2D eigenvalue weighted by Crippen LogP contribution is -2.16. The van der Waals surface area contributed by atoms with Crippen molar-refractivity contribution in [3.8, 4) is 11.4 Å². The van der Waals surface area contributed by atoms with Gasteiger partial charge in [-0.1, -0.05) is 29.8 Å². The molecule has 3 aromatic rings. The van der Waals surface area contributed by atoms with Crippen LogP contribution in [0.25, 0.3) is 5.69 Å². The number of nitrogens with zero attached hydrogens (tertiary/aromatic N) is 1. The zero-order valence-electron chi connectivity index (χ0n) is 14.9. The number of methoxy groups -OCH3 is 1. The number of ether oxygens (including phenoxy) is 2. The summed E-state index contributed by atoms with van der Waals surface area (Å²) in [4.78, 5) is 12.9. The molecule has 0 N–H and O–H groups in total. The molecule has 27 heavy (non-hydrogen) atoms. The van der Waals surface area contributed by atoms with Crippen molar-refractivity contribution in [2.75, 3.05) is 7.11 Å². The Morgan fingerprint density at radius 1 is 1.11 bits per heavy atom. The third-order valence-electron chi connectivity index (χ3n) is 4.53. The standard InChI is InChI=1S/C21H18ClNO3S/c1-13(24)26-19-17-7-4-12-23(17)18-6-3-5-16(22)21(18)27-20(19)14-8-10-15(25-2)11-9-14/h3-12,19-20H,1-2H3/t19-,20+/m0/s1. The molecule has 0 aliphatic carbocycles. The Morgan fingerprint density at radius 2 is 1.89 bits per heavy atom. The molecule has 0 unspecified atom stereocenters. The van der Waals surface area contributed by atoms with Crippen molar-refractivity contribution in [3.63, 3.8) is 0 Å². The molecule has 0 spiro atoms. The van der Waals surface area contributed by atoms with Gasteiger partial charge in [0.25, 0.3) is 0 Å². The van der Waals surface area contributed by atoms with Gasteiger partial charge in [0, 0.05) is 13.1 Å². The van der Waals surface area contributed by atoms with Gasteiger partial charge in [-0.2, -0.15) is 0 Å². The average molecular weight is 400 g/mol. The quantitative estimate of drug-likeness (QED) is 0.538. The fraction of sp³-hybridized carbons (Fsp3) is 0.190. The summed E-state index contributed by atoms with van der Waals surface area (Å²) in [5.74, 6) is 0.465. The third-order valence-corrected chi connectivity index (χ3v) is 6.40. The van der Waals surface area contributed by atoms with Gasteiger partial charge in [0.05, 0.1) is 33.7 Å². The van der Waals surface area contributed by atoms with Crippen LogP contribution in [0.15, 0.2) is 65.7 Å². The number of benzene rings is 2. The van der Waals surface area contributed by atoms with E-state index in [1.807, 2.05) is 65.4 Å². The van der Waals surface area contributed by atoms with Crippen LogP contribution in [0.2, 0.25) is 5.02 Å². The van der Waals surface area contributed by atoms with Crippen LogP contribution in [0.5, 0.6) is 5.75 Å². The molecule has 2 atom stereocenters. The second-order valence-corrected chi connectivity index (χ2v) is 7.79. The van der Waals surface area contributed by atoms with Crippen LogP contribution in [-0.4, -0.2) is 17.6 Å². The summed E-state index contributed by atoms with van der Waals surface area (Å²) < 4.78 is 13.1. The fourth-order valence-corrected chi connectivity index (χ4v) is 4.97. The minimum absolute atomic E-state index is 0.144. The van der Waals surface area contributed by atoms with Crippen molar-refractivity contribution in [1.29, 1.82) is 0 Å². The lowest BCUT2D eigenvalue weighted by Gasteiger charge is -2.25. The van der Waals surface area contributed by atoms with Gasteiger partial charge in [0.15, 0.2) is 6.10 Å². The number of esters is 1. The largest absolute Gasteiger partial charge is 0.497 e. The lowest BCUT2D eigenvalue weighted by molar-refractivity contribution is -0.147. The van der Waals surface area contributed by atoms with E-state index in [1.165, 1.54) is 6.92 Å². The van der Waals surface area contributed by atoms with Crippen molar-refractivity contribution in [2.45, 2.75) is 23.2 Å². The second-order valence-electron chi connectivity index (χ2n) is 6.23. The number of carbonyl (C=O) groups excluding carboxylic acids is 1. The van der Waals surface area contributed by atoms with Crippen molar-refractivity contribution >= 4 is 29.3 Å². The van der Waals surface area contributed by atoms with Crippen molar-refractivity contribution in [1.82, 2.24) is 4.57 Å². The van der Waals surface area contributed by atoms with Gasteiger partial charge in [-0.25, -0.2) is 0 Å². The number of aromatic nitrogens is 1. The minimum Gasteiger partial charge on any atom is -0.497 e. The molecule has 1 aromatic heterocycles. The van der Waals surface area contributed by atoms with Crippen LogP contribution >= 0.6 is 23.4 Å². The summed E-state index contributed by atoms with van der Waals surface area (Å²) >= 11 is 8.15. The maximum absolute atomic E-state index is 11.9. The summed E-state index contributed by atoms with van der Waals surface area (Å²) in [6.07, 6.45) is 1.53. The molecule has 0 saturated carbocycles. The Balaban J connectivity index is 1.90. The van der Waals surface area contributed by atoms with Crippen molar-refractivity contribution < 1.29 is 14.3 Å². The van der Waals surface area contributed by atoms with Crippen LogP contribution < -0.4 is 4.74 Å². The molecule has 0 fully saturated rings. The zero-order chi connectivity index (χ0) is 19.0. The normalized spacial score (nSPS) is 18.2. The number of hydrogen-bond donors (Lipinski definition) is 0. The van der Waals surface area contributed by atoms with E-state index >= 15 is 0 Å². The Hall–Kier alpha value is -2.37. The SMILES string of the molecule is COc1ccc([C@H]2Sc3c(Cl)cccc3-n3cccc3[C@@H]2OC(C)=O)cc1. The predicted molar refractivity (Wildman–Crippen MR) is 107 cm³/mol. The van der Waals surface area contributed by atoms with Crippen LogP contribution in [0.1, 0.15) is 29.5 Å². The van der Waals surface area contributed by atoms with Gasteiger partial charge >= 0.3 is 5.97 Å². The van der Waals surface area contributed by atoms with Crippen molar-refractivity contribution in [2.24, 2.45) is 0 Å². The maximum Gasteiger partial charge on any atom is 0.303 e. The van der Waals surface area contributed by atoms with E-state index < -0.39 is 6.10 Å². The number of fused-ring (bicyclic) bond motifs is 3. The second kappa shape index (κ2) is 7.33. The van der Waals surface area contributed by atoms with Gasteiger partial charge < -0.3 is 14.0 Å². The summed E-state index contributed by atoms with van der Waals surface area (Å²) in [7, 11) is 1.64. The molecule has 0 amide bonds. The first-order valence-corrected chi connectivity index (χ1v) is 9.78. The Kier molecular flexibility index (Phi) is 4.89. The van der Waals surface area contributed by atoms with E-state index in [1.54, 1.807) is 18.9 Å². The molecule has 0 saturated heterocycles. The van der Waals surface area contributed by atoms with E-state index in [2.05, 4.69) is 0 Å². The number of hydrogen-bond acceptors (Lipinski definition) is 4. The fourth-order valence-electron chi connectivity index (χ4n) is 3.33. The van der Waals surface area contributed by atoms with E-state index in [0.29, 0.717) is 5.02 Å². The van der Waals surface area contributed by atoms with Crippen LogP contribution in [0.4, 0.5) is 0 Å². The Labute approximate surface area is 167 Å². The van der Waals surface area contributed by atoms with Crippen molar-refractivity contribution in [3.05, 3.63) is 77.1 Å². The minimum atomic E-state index is -0.445. The molecular formula is C21H18ClNO3S. The molecule has 0 radical (unpaired) electrons. The smallest absolute Gasteiger partial charge is 0.303 e. The molecule has 2 aromatic carbocycles. The maximum atomic E-state index is 11.9. The van der Waals surface area contributed by atoms with Gasteiger partial charge in [0.1, 0.15) is 5.75 Å². The van der Waals surface area contributed by atoms with Gasteiger partial charge in [-0.3, -0.25) is 4.79 Å². The molecule has 1 aliphatic heterocycles. The molecule has 4 nitrogen and oxygen atoms in total. The zero-order valence-corrected chi connectivity index (χ0v) is 16.5. The molecule has 4 rings (SSSR count). The van der Waals surface area contributed by atoms with E-state index in [9.17, 15) is 4.79 Å². The van der Waals surface area contributed by atoms with Crippen LogP contribution in [0, 0.1) is 0 Å². The first-order valence-electron chi connectivity index (χ1n) is 8.52. The molecular weight excluding hydrogens is 382 g/mol. The van der Waals surface area contributed by atoms with Gasteiger partial charge in [-0.15, -0.1) is 11.8 Å². The summed E-state index contributed by atoms with van der Waals surface area (Å²) in [5, 5.41) is 0.536. The molecule has 2 heterocycles.